The van der Waals surface area contributed by atoms with E-state index < -0.39 is 0 Å². The third kappa shape index (κ3) is 2.21. The molecule has 6 nitrogen and oxygen atoms in total. The van der Waals surface area contributed by atoms with Gasteiger partial charge >= 0.3 is 5.97 Å². The van der Waals surface area contributed by atoms with E-state index in [1.165, 1.54) is 26.3 Å². The van der Waals surface area contributed by atoms with Gasteiger partial charge in [0.25, 0.3) is 0 Å². The van der Waals surface area contributed by atoms with Gasteiger partial charge in [-0.1, -0.05) is 6.92 Å². The van der Waals surface area contributed by atoms with Gasteiger partial charge in [-0.15, -0.1) is 0 Å². The first-order valence-electron chi connectivity index (χ1n) is 6.86. The molecular weight excluding hydrogens is 256 g/mol. The number of nitrogens with one attached hydrogen (secondary N) is 1. The predicted molar refractivity (Wildman–Crippen MR) is 75.8 cm³/mol. The molecule has 0 bridgehead atoms. The van der Waals surface area contributed by atoms with Crippen molar-refractivity contribution in [1.82, 2.24) is 15.0 Å². The van der Waals surface area contributed by atoms with Gasteiger partial charge in [0, 0.05) is 13.1 Å². The number of methoxy groups -OCH3 is 1. The number of carbonyl (C=O) groups excluding carboxylic acids is 1. The van der Waals surface area contributed by atoms with Crippen LogP contribution in [0.1, 0.15) is 30.3 Å². The van der Waals surface area contributed by atoms with E-state index >= 15 is 0 Å². The van der Waals surface area contributed by atoms with Crippen molar-refractivity contribution in [3.8, 4) is 0 Å². The molecule has 2 aromatic rings. The molecule has 0 amide bonds. The van der Waals surface area contributed by atoms with Crippen LogP contribution in [0.5, 0.6) is 0 Å². The number of piperidine rings is 1. The van der Waals surface area contributed by atoms with E-state index in [1.54, 1.807) is 6.07 Å². The monoisotopic (exact) mass is 274 g/mol. The molecule has 0 spiro atoms. The summed E-state index contributed by atoms with van der Waals surface area (Å²) in [5.41, 5.74) is 1.09. The van der Waals surface area contributed by atoms with Crippen LogP contribution in [0.3, 0.4) is 0 Å². The summed E-state index contributed by atoms with van der Waals surface area (Å²) < 4.78 is 4.73. The number of esters is 1. The average Bonchev–Trinajstić information content (AvgIpc) is 2.91. The minimum Gasteiger partial charge on any atom is -0.464 e. The van der Waals surface area contributed by atoms with Gasteiger partial charge in [0.1, 0.15) is 23.5 Å². The molecule has 0 aliphatic carbocycles. The summed E-state index contributed by atoms with van der Waals surface area (Å²) in [6.45, 7) is 4.26. The number of aromatic amines is 1. The summed E-state index contributed by atoms with van der Waals surface area (Å²) in [6.07, 6.45) is 3.87. The normalized spacial score (nSPS) is 16.6. The van der Waals surface area contributed by atoms with Gasteiger partial charge in [0.05, 0.1) is 12.5 Å². The zero-order chi connectivity index (χ0) is 14.1. The van der Waals surface area contributed by atoms with Crippen LogP contribution in [0.4, 0.5) is 5.82 Å². The van der Waals surface area contributed by atoms with E-state index in [4.69, 9.17) is 4.74 Å². The van der Waals surface area contributed by atoms with E-state index in [9.17, 15) is 4.79 Å². The zero-order valence-electron chi connectivity index (χ0n) is 11.7. The smallest absolute Gasteiger partial charge is 0.354 e. The molecule has 0 saturated carbocycles. The van der Waals surface area contributed by atoms with Crippen LogP contribution in [0, 0.1) is 5.92 Å². The van der Waals surface area contributed by atoms with E-state index in [1.807, 2.05) is 0 Å². The van der Waals surface area contributed by atoms with Crippen molar-refractivity contribution in [2.45, 2.75) is 19.8 Å². The molecule has 3 rings (SSSR count). The third-order valence-electron chi connectivity index (χ3n) is 3.89. The molecule has 6 heteroatoms. The number of fused-ring (bicyclic) bond motifs is 1. The lowest BCUT2D eigenvalue weighted by Crippen LogP contribution is -2.33. The Hall–Kier alpha value is -2.11. The molecule has 3 heterocycles. The maximum absolute atomic E-state index is 11.6. The van der Waals surface area contributed by atoms with Crippen LogP contribution in [-0.4, -0.2) is 41.1 Å². The molecule has 106 valence electrons. The van der Waals surface area contributed by atoms with E-state index in [0.29, 0.717) is 11.3 Å². The van der Waals surface area contributed by atoms with Crippen molar-refractivity contribution in [2.24, 2.45) is 5.92 Å². The van der Waals surface area contributed by atoms with Crippen LogP contribution in [-0.2, 0) is 4.74 Å². The zero-order valence-corrected chi connectivity index (χ0v) is 11.7. The van der Waals surface area contributed by atoms with Gasteiger partial charge < -0.3 is 14.6 Å². The molecule has 1 fully saturated rings. The summed E-state index contributed by atoms with van der Waals surface area (Å²) in [6, 6.07) is 1.77. The number of hydrogen-bond donors (Lipinski definition) is 1. The third-order valence-corrected chi connectivity index (χ3v) is 3.89. The Morgan fingerprint density at radius 3 is 2.85 bits per heavy atom. The van der Waals surface area contributed by atoms with Gasteiger partial charge in [-0.3, -0.25) is 0 Å². The number of nitrogens with zero attached hydrogens (tertiary/aromatic N) is 3. The number of aromatic nitrogens is 3. The van der Waals surface area contributed by atoms with Crippen molar-refractivity contribution >= 4 is 22.8 Å². The van der Waals surface area contributed by atoms with Crippen molar-refractivity contribution in [1.29, 1.82) is 0 Å². The summed E-state index contributed by atoms with van der Waals surface area (Å²) in [5.74, 6) is 1.27. The minimum atomic E-state index is -0.388. The lowest BCUT2D eigenvalue weighted by Gasteiger charge is -2.31. The molecule has 1 saturated heterocycles. The molecule has 0 radical (unpaired) electrons. The lowest BCUT2D eigenvalue weighted by atomic mass is 9.99. The van der Waals surface area contributed by atoms with Crippen molar-refractivity contribution in [2.75, 3.05) is 25.1 Å². The number of hydrogen-bond acceptors (Lipinski definition) is 5. The molecule has 1 aliphatic heterocycles. The highest BCUT2D eigenvalue weighted by Crippen LogP contribution is 2.27. The van der Waals surface area contributed by atoms with E-state index in [0.717, 1.165) is 30.2 Å². The lowest BCUT2D eigenvalue weighted by molar-refractivity contribution is 0.0595. The molecular formula is C14H18N4O2. The van der Waals surface area contributed by atoms with Gasteiger partial charge in [-0.2, -0.15) is 0 Å². The maximum Gasteiger partial charge on any atom is 0.354 e. The fourth-order valence-corrected chi connectivity index (χ4v) is 2.62. The van der Waals surface area contributed by atoms with Crippen LogP contribution in [0.25, 0.3) is 11.0 Å². The van der Waals surface area contributed by atoms with Gasteiger partial charge in [0.2, 0.25) is 0 Å². The fourth-order valence-electron chi connectivity index (χ4n) is 2.62. The van der Waals surface area contributed by atoms with Crippen LogP contribution >= 0.6 is 0 Å². The second-order valence-electron chi connectivity index (χ2n) is 5.30. The van der Waals surface area contributed by atoms with Crippen molar-refractivity contribution in [3.05, 3.63) is 18.1 Å². The standard InChI is InChI=1S/C14H18N4O2/c1-9-3-5-18(6-4-9)13-10-7-11(14(19)20-2)17-12(10)15-8-16-13/h7-9H,3-6H2,1-2H3,(H,15,16,17). The van der Waals surface area contributed by atoms with E-state index in [2.05, 4.69) is 26.8 Å². The quantitative estimate of drug-likeness (QED) is 0.848. The minimum absolute atomic E-state index is 0.388. The molecule has 20 heavy (non-hydrogen) atoms. The van der Waals surface area contributed by atoms with Gasteiger partial charge in [-0.25, -0.2) is 14.8 Å². The number of H-pyrrole nitrogens is 1. The summed E-state index contributed by atoms with van der Waals surface area (Å²) >= 11 is 0. The van der Waals surface area contributed by atoms with Gasteiger partial charge in [0.15, 0.2) is 0 Å². The largest absolute Gasteiger partial charge is 0.464 e. The SMILES string of the molecule is COC(=O)c1cc2c(N3CCC(C)CC3)ncnc2[nH]1. The van der Waals surface area contributed by atoms with Crippen molar-refractivity contribution < 1.29 is 9.53 Å². The molecule has 2 aromatic heterocycles. The average molecular weight is 274 g/mol. The highest BCUT2D eigenvalue weighted by atomic mass is 16.5. The van der Waals surface area contributed by atoms with Crippen LogP contribution < -0.4 is 4.90 Å². The Bertz CT molecular complexity index is 629. The molecule has 1 N–H and O–H groups in total. The predicted octanol–water partition coefficient (Wildman–Crippen LogP) is 1.98. The molecule has 1 aliphatic rings. The summed E-state index contributed by atoms with van der Waals surface area (Å²) in [5, 5.41) is 0.877. The highest BCUT2D eigenvalue weighted by molar-refractivity contribution is 5.97. The summed E-state index contributed by atoms with van der Waals surface area (Å²) in [7, 11) is 1.37. The number of rotatable bonds is 2. The topological polar surface area (TPSA) is 71.1 Å². The first-order valence-corrected chi connectivity index (χ1v) is 6.86. The van der Waals surface area contributed by atoms with Crippen molar-refractivity contribution in [3.63, 3.8) is 0 Å². The Balaban J connectivity index is 1.98. The first kappa shape index (κ1) is 12.9. The Morgan fingerprint density at radius 1 is 1.40 bits per heavy atom. The maximum atomic E-state index is 11.6. The first-order chi connectivity index (χ1) is 9.69. The highest BCUT2D eigenvalue weighted by Gasteiger charge is 2.21. The Kier molecular flexibility index (Phi) is 3.30. The molecule has 0 unspecified atom stereocenters. The number of anilines is 1. The molecule has 0 atom stereocenters. The second-order valence-corrected chi connectivity index (χ2v) is 5.30. The Labute approximate surface area is 117 Å². The van der Waals surface area contributed by atoms with Crippen LogP contribution in [0.15, 0.2) is 12.4 Å². The fraction of sp³-hybridized carbons (Fsp3) is 0.500. The second kappa shape index (κ2) is 5.11. The summed E-state index contributed by atoms with van der Waals surface area (Å²) in [4.78, 5) is 25.4. The Morgan fingerprint density at radius 2 is 2.15 bits per heavy atom. The number of ether oxygens (including phenoxy) is 1. The van der Waals surface area contributed by atoms with E-state index in [-0.39, 0.29) is 5.97 Å². The van der Waals surface area contributed by atoms with Crippen LogP contribution in [0.2, 0.25) is 0 Å². The number of carbonyl (C=O) groups is 1. The molecule has 0 aromatic carbocycles. The van der Waals surface area contributed by atoms with Gasteiger partial charge in [-0.05, 0) is 24.8 Å².